The smallest absolute Gasteiger partial charge is 0.258 e. The number of hydrogen-bond acceptors (Lipinski definition) is 4. The molecule has 0 radical (unpaired) electrons. The lowest BCUT2D eigenvalue weighted by Crippen LogP contribution is -2.36. The monoisotopic (exact) mass is 345 g/mol. The van der Waals surface area contributed by atoms with Crippen molar-refractivity contribution >= 4 is 0 Å². The average molecular weight is 345 g/mol. The summed E-state index contributed by atoms with van der Waals surface area (Å²) in [6, 6.07) is 6.45. The maximum absolute atomic E-state index is 14.5. The van der Waals surface area contributed by atoms with Crippen molar-refractivity contribution in [2.45, 2.75) is 26.7 Å². The number of ether oxygens (including phenoxy) is 1. The van der Waals surface area contributed by atoms with E-state index >= 15 is 0 Å². The minimum atomic E-state index is -0.272. The molecule has 0 unspecified atom stereocenters. The number of halogens is 1. The summed E-state index contributed by atoms with van der Waals surface area (Å²) in [5, 5.41) is 0. The van der Waals surface area contributed by atoms with Gasteiger partial charge in [0.1, 0.15) is 11.6 Å². The SMILES string of the molecule is Cc1cc(=O)n(-c2ccc(CCCN3CCOCC3)c(F)c2)c(C)n1. The van der Waals surface area contributed by atoms with Crippen LogP contribution >= 0.6 is 0 Å². The van der Waals surface area contributed by atoms with Gasteiger partial charge in [-0.25, -0.2) is 9.37 Å². The number of aryl methyl sites for hydroxylation is 3. The van der Waals surface area contributed by atoms with Crippen molar-refractivity contribution in [3.63, 3.8) is 0 Å². The molecule has 1 aliphatic rings. The molecule has 1 aromatic carbocycles. The minimum absolute atomic E-state index is 0.190. The lowest BCUT2D eigenvalue weighted by atomic mass is 10.1. The van der Waals surface area contributed by atoms with Crippen molar-refractivity contribution in [2.24, 2.45) is 0 Å². The van der Waals surface area contributed by atoms with Crippen LogP contribution in [0, 0.1) is 19.7 Å². The van der Waals surface area contributed by atoms with Gasteiger partial charge in [-0.1, -0.05) is 6.07 Å². The van der Waals surface area contributed by atoms with E-state index < -0.39 is 0 Å². The van der Waals surface area contributed by atoms with Gasteiger partial charge in [0.25, 0.3) is 5.56 Å². The minimum Gasteiger partial charge on any atom is -0.379 e. The van der Waals surface area contributed by atoms with Gasteiger partial charge in [-0.3, -0.25) is 14.3 Å². The Morgan fingerprint density at radius 1 is 1.20 bits per heavy atom. The Morgan fingerprint density at radius 2 is 1.96 bits per heavy atom. The normalized spacial score (nSPS) is 15.5. The maximum Gasteiger partial charge on any atom is 0.258 e. The fourth-order valence-electron chi connectivity index (χ4n) is 3.25. The number of morpholine rings is 1. The van der Waals surface area contributed by atoms with Crippen LogP contribution in [0.4, 0.5) is 4.39 Å². The van der Waals surface area contributed by atoms with Gasteiger partial charge in [-0.2, -0.15) is 0 Å². The molecule has 1 fully saturated rings. The highest BCUT2D eigenvalue weighted by molar-refractivity contribution is 5.37. The lowest BCUT2D eigenvalue weighted by molar-refractivity contribution is 0.0374. The van der Waals surface area contributed by atoms with E-state index in [1.54, 1.807) is 26.0 Å². The molecule has 0 N–H and O–H groups in total. The zero-order valence-electron chi connectivity index (χ0n) is 14.8. The summed E-state index contributed by atoms with van der Waals surface area (Å²) >= 11 is 0. The number of hydrogen-bond donors (Lipinski definition) is 0. The molecule has 0 spiro atoms. The average Bonchev–Trinajstić information content (AvgIpc) is 2.57. The van der Waals surface area contributed by atoms with Crippen LogP contribution < -0.4 is 5.56 Å². The first-order valence-electron chi connectivity index (χ1n) is 8.71. The summed E-state index contributed by atoms with van der Waals surface area (Å²) < 4.78 is 21.2. The maximum atomic E-state index is 14.5. The van der Waals surface area contributed by atoms with E-state index in [1.807, 2.05) is 0 Å². The summed E-state index contributed by atoms with van der Waals surface area (Å²) in [6.45, 7) is 7.93. The molecule has 5 nitrogen and oxygen atoms in total. The van der Waals surface area contributed by atoms with Crippen LogP contribution in [0.25, 0.3) is 5.69 Å². The molecular weight excluding hydrogens is 321 g/mol. The second-order valence-corrected chi connectivity index (χ2v) is 6.45. The van der Waals surface area contributed by atoms with Crippen LogP contribution in [0.5, 0.6) is 0 Å². The van der Waals surface area contributed by atoms with Crippen LogP contribution in [-0.2, 0) is 11.2 Å². The molecule has 0 amide bonds. The molecule has 0 atom stereocenters. The second-order valence-electron chi connectivity index (χ2n) is 6.45. The predicted molar refractivity (Wildman–Crippen MR) is 94.8 cm³/mol. The third-order valence-electron chi connectivity index (χ3n) is 4.53. The van der Waals surface area contributed by atoms with Crippen LogP contribution in [-0.4, -0.2) is 47.3 Å². The number of rotatable bonds is 5. The Balaban J connectivity index is 1.70. The Hall–Kier alpha value is -2.05. The predicted octanol–water partition coefficient (Wildman–Crippen LogP) is 2.25. The molecule has 2 heterocycles. The zero-order chi connectivity index (χ0) is 17.8. The van der Waals surface area contributed by atoms with Crippen LogP contribution in [0.3, 0.4) is 0 Å². The molecule has 1 aliphatic heterocycles. The molecular formula is C19H24FN3O2. The van der Waals surface area contributed by atoms with E-state index in [-0.39, 0.29) is 11.4 Å². The first-order chi connectivity index (χ1) is 12.0. The van der Waals surface area contributed by atoms with E-state index in [0.717, 1.165) is 39.3 Å². The molecule has 1 saturated heterocycles. The van der Waals surface area contributed by atoms with Gasteiger partial charge in [0.15, 0.2) is 0 Å². The molecule has 134 valence electrons. The second kappa shape index (κ2) is 7.89. The van der Waals surface area contributed by atoms with Crippen molar-refractivity contribution in [1.82, 2.24) is 14.5 Å². The third kappa shape index (κ3) is 4.32. The molecule has 3 rings (SSSR count). The van der Waals surface area contributed by atoms with Gasteiger partial charge in [-0.15, -0.1) is 0 Å². The summed E-state index contributed by atoms with van der Waals surface area (Å²) in [4.78, 5) is 18.8. The molecule has 2 aromatic rings. The number of aromatic nitrogens is 2. The highest BCUT2D eigenvalue weighted by Crippen LogP contribution is 2.16. The van der Waals surface area contributed by atoms with Gasteiger partial charge in [0, 0.05) is 24.8 Å². The van der Waals surface area contributed by atoms with Gasteiger partial charge in [0.05, 0.1) is 18.9 Å². The number of benzene rings is 1. The highest BCUT2D eigenvalue weighted by atomic mass is 19.1. The first-order valence-corrected chi connectivity index (χ1v) is 8.71. The Kier molecular flexibility index (Phi) is 5.60. The van der Waals surface area contributed by atoms with E-state index in [2.05, 4.69) is 9.88 Å². The van der Waals surface area contributed by atoms with Crippen molar-refractivity contribution < 1.29 is 9.13 Å². The molecule has 0 aliphatic carbocycles. The van der Waals surface area contributed by atoms with Crippen LogP contribution in [0.2, 0.25) is 0 Å². The molecule has 1 aromatic heterocycles. The summed E-state index contributed by atoms with van der Waals surface area (Å²) in [6.07, 6.45) is 1.59. The van der Waals surface area contributed by atoms with E-state index in [4.69, 9.17) is 4.74 Å². The molecule has 25 heavy (non-hydrogen) atoms. The lowest BCUT2D eigenvalue weighted by Gasteiger charge is -2.26. The summed E-state index contributed by atoms with van der Waals surface area (Å²) in [5.41, 5.74) is 1.68. The third-order valence-corrected chi connectivity index (χ3v) is 4.53. The van der Waals surface area contributed by atoms with Gasteiger partial charge >= 0.3 is 0 Å². The fourth-order valence-corrected chi connectivity index (χ4v) is 3.25. The molecule has 0 bridgehead atoms. The van der Waals surface area contributed by atoms with Gasteiger partial charge in [0.2, 0.25) is 0 Å². The van der Waals surface area contributed by atoms with Crippen molar-refractivity contribution in [1.29, 1.82) is 0 Å². The van der Waals surface area contributed by atoms with Crippen LogP contribution in [0.15, 0.2) is 29.1 Å². The van der Waals surface area contributed by atoms with Crippen molar-refractivity contribution in [3.8, 4) is 5.69 Å². The Bertz CT molecular complexity index is 798. The molecule has 0 saturated carbocycles. The highest BCUT2D eigenvalue weighted by Gasteiger charge is 2.12. The largest absolute Gasteiger partial charge is 0.379 e. The summed E-state index contributed by atoms with van der Waals surface area (Å²) in [7, 11) is 0. The van der Waals surface area contributed by atoms with Crippen molar-refractivity contribution in [2.75, 3.05) is 32.8 Å². The first kappa shape index (κ1) is 17.8. The number of nitrogens with zero attached hydrogens (tertiary/aromatic N) is 3. The topological polar surface area (TPSA) is 47.4 Å². The van der Waals surface area contributed by atoms with Gasteiger partial charge in [-0.05, 0) is 50.9 Å². The van der Waals surface area contributed by atoms with Crippen LogP contribution in [0.1, 0.15) is 23.5 Å². The quantitative estimate of drug-likeness (QED) is 0.834. The van der Waals surface area contributed by atoms with E-state index in [1.165, 1.54) is 16.7 Å². The fraction of sp³-hybridized carbons (Fsp3) is 0.474. The Morgan fingerprint density at radius 3 is 2.64 bits per heavy atom. The summed E-state index contributed by atoms with van der Waals surface area (Å²) in [5.74, 6) is 0.288. The van der Waals surface area contributed by atoms with E-state index in [9.17, 15) is 9.18 Å². The standard InChI is InChI=1S/C19H24FN3O2/c1-14-12-19(24)23(15(2)21-14)17-6-5-16(18(20)13-17)4-3-7-22-8-10-25-11-9-22/h5-6,12-13H,3-4,7-11H2,1-2H3. The Labute approximate surface area is 147 Å². The van der Waals surface area contributed by atoms with E-state index in [0.29, 0.717) is 29.2 Å². The van der Waals surface area contributed by atoms with Crippen molar-refractivity contribution in [3.05, 3.63) is 57.5 Å². The van der Waals surface area contributed by atoms with Gasteiger partial charge < -0.3 is 4.74 Å². The molecule has 6 heteroatoms. The zero-order valence-corrected chi connectivity index (χ0v) is 14.8.